The quantitative estimate of drug-likeness (QED) is 0.831. The van der Waals surface area contributed by atoms with Crippen LogP contribution in [0.5, 0.6) is 0 Å². The number of nitrogens with two attached hydrogens (primary N) is 1. The van der Waals surface area contributed by atoms with Crippen LogP contribution in [0.2, 0.25) is 0 Å². The molecule has 3 unspecified atom stereocenters. The lowest BCUT2D eigenvalue weighted by Gasteiger charge is -2.47. The van der Waals surface area contributed by atoms with Crippen LogP contribution in [0.25, 0.3) is 0 Å². The maximum Gasteiger partial charge on any atom is 0.0834 e. The van der Waals surface area contributed by atoms with Gasteiger partial charge in [-0.25, -0.2) is 0 Å². The van der Waals surface area contributed by atoms with Crippen LogP contribution in [0.4, 0.5) is 0 Å². The van der Waals surface area contributed by atoms with E-state index in [1.54, 1.807) is 0 Å². The minimum absolute atomic E-state index is 0.0249. The van der Waals surface area contributed by atoms with Crippen molar-refractivity contribution in [3.05, 3.63) is 0 Å². The van der Waals surface area contributed by atoms with Gasteiger partial charge in [0.1, 0.15) is 0 Å². The molecule has 0 aromatic carbocycles. The Morgan fingerprint density at radius 3 is 2.28 bits per heavy atom. The first-order valence-corrected chi connectivity index (χ1v) is 7.88. The molecule has 0 amide bonds. The molecule has 2 nitrogen and oxygen atoms in total. The highest BCUT2D eigenvalue weighted by atomic mass is 16.5. The van der Waals surface area contributed by atoms with Crippen molar-refractivity contribution in [3.63, 3.8) is 0 Å². The second kappa shape index (κ2) is 5.92. The second-order valence-corrected chi connectivity index (χ2v) is 7.02. The number of ether oxygens (including phenoxy) is 1. The summed E-state index contributed by atoms with van der Waals surface area (Å²) in [5.41, 5.74) is 6.63. The van der Waals surface area contributed by atoms with Crippen molar-refractivity contribution in [2.45, 2.75) is 76.9 Å². The highest BCUT2D eigenvalue weighted by Gasteiger charge is 2.44. The minimum atomic E-state index is -0.0249. The molecule has 3 atom stereocenters. The van der Waals surface area contributed by atoms with Gasteiger partial charge < -0.3 is 10.5 Å². The number of methoxy groups -OCH3 is 1. The number of hydrogen-bond acceptors (Lipinski definition) is 2. The van der Waals surface area contributed by atoms with E-state index in [4.69, 9.17) is 10.5 Å². The van der Waals surface area contributed by atoms with E-state index >= 15 is 0 Å². The largest absolute Gasteiger partial charge is 0.377 e. The van der Waals surface area contributed by atoms with Gasteiger partial charge in [0.05, 0.1) is 5.60 Å². The minimum Gasteiger partial charge on any atom is -0.377 e. The van der Waals surface area contributed by atoms with Crippen molar-refractivity contribution in [1.82, 2.24) is 0 Å². The lowest BCUT2D eigenvalue weighted by molar-refractivity contribution is -0.0869. The van der Waals surface area contributed by atoms with Crippen molar-refractivity contribution >= 4 is 0 Å². The third-order valence-electron chi connectivity index (χ3n) is 5.57. The van der Waals surface area contributed by atoms with E-state index < -0.39 is 0 Å². The summed E-state index contributed by atoms with van der Waals surface area (Å²) in [6.07, 6.45) is 10.3. The maximum absolute atomic E-state index is 6.65. The Hall–Kier alpha value is -0.0800. The summed E-state index contributed by atoms with van der Waals surface area (Å²) in [6.45, 7) is 4.72. The molecule has 0 spiro atoms. The molecule has 106 valence electrons. The summed E-state index contributed by atoms with van der Waals surface area (Å²) in [4.78, 5) is 0. The molecular formula is C16H31NO. The highest BCUT2D eigenvalue weighted by Crippen LogP contribution is 2.42. The van der Waals surface area contributed by atoms with E-state index in [9.17, 15) is 0 Å². The summed E-state index contributed by atoms with van der Waals surface area (Å²) in [6, 6.07) is 0.248. The molecule has 2 heteroatoms. The van der Waals surface area contributed by atoms with Gasteiger partial charge in [-0.05, 0) is 43.4 Å². The Morgan fingerprint density at radius 2 is 1.72 bits per heavy atom. The van der Waals surface area contributed by atoms with E-state index in [-0.39, 0.29) is 11.6 Å². The molecule has 2 fully saturated rings. The Balaban J connectivity index is 2.02. The Bertz CT molecular complexity index is 260. The number of hydrogen-bond donors (Lipinski definition) is 1. The van der Waals surface area contributed by atoms with Gasteiger partial charge in [-0.15, -0.1) is 0 Å². The zero-order valence-electron chi connectivity index (χ0n) is 12.5. The van der Waals surface area contributed by atoms with Crippen LogP contribution in [-0.2, 0) is 4.74 Å². The van der Waals surface area contributed by atoms with Crippen LogP contribution in [0.15, 0.2) is 0 Å². The molecule has 0 saturated heterocycles. The molecular weight excluding hydrogens is 222 g/mol. The van der Waals surface area contributed by atoms with Crippen molar-refractivity contribution in [1.29, 1.82) is 0 Å². The smallest absolute Gasteiger partial charge is 0.0834 e. The molecule has 2 N–H and O–H groups in total. The second-order valence-electron chi connectivity index (χ2n) is 7.02. The van der Waals surface area contributed by atoms with Crippen molar-refractivity contribution < 1.29 is 4.74 Å². The van der Waals surface area contributed by atoms with E-state index in [1.807, 2.05) is 7.11 Å². The normalized spacial score (nSPS) is 43.7. The van der Waals surface area contributed by atoms with Gasteiger partial charge in [0, 0.05) is 13.2 Å². The summed E-state index contributed by atoms with van der Waals surface area (Å²) < 4.78 is 5.97. The van der Waals surface area contributed by atoms with Gasteiger partial charge >= 0.3 is 0 Å². The summed E-state index contributed by atoms with van der Waals surface area (Å²) in [5, 5.41) is 0. The molecule has 2 saturated carbocycles. The van der Waals surface area contributed by atoms with Crippen LogP contribution in [0.3, 0.4) is 0 Å². The van der Waals surface area contributed by atoms with Crippen molar-refractivity contribution in [2.75, 3.05) is 7.11 Å². The molecule has 18 heavy (non-hydrogen) atoms. The van der Waals surface area contributed by atoms with Crippen LogP contribution < -0.4 is 5.73 Å². The van der Waals surface area contributed by atoms with Gasteiger partial charge in [0.15, 0.2) is 0 Å². The first kappa shape index (κ1) is 14.3. The van der Waals surface area contributed by atoms with Gasteiger partial charge in [0.25, 0.3) is 0 Å². The summed E-state index contributed by atoms with van der Waals surface area (Å²) in [5.74, 6) is 2.36. The third-order valence-corrected chi connectivity index (χ3v) is 5.57. The van der Waals surface area contributed by atoms with Crippen LogP contribution in [-0.4, -0.2) is 18.8 Å². The van der Waals surface area contributed by atoms with Gasteiger partial charge in [-0.1, -0.05) is 39.5 Å². The van der Waals surface area contributed by atoms with Crippen LogP contribution in [0, 0.1) is 17.8 Å². The molecule has 0 heterocycles. The van der Waals surface area contributed by atoms with Crippen molar-refractivity contribution in [3.8, 4) is 0 Å². The zero-order chi connectivity index (χ0) is 13.2. The molecule has 0 bridgehead atoms. The topological polar surface area (TPSA) is 35.2 Å². The van der Waals surface area contributed by atoms with E-state index in [0.717, 1.165) is 18.3 Å². The number of rotatable bonds is 3. The Morgan fingerprint density at radius 1 is 1.06 bits per heavy atom. The lowest BCUT2D eigenvalue weighted by Crippen LogP contribution is -2.56. The van der Waals surface area contributed by atoms with Gasteiger partial charge in [0.2, 0.25) is 0 Å². The molecule has 0 radical (unpaired) electrons. The Labute approximate surface area is 113 Å². The zero-order valence-corrected chi connectivity index (χ0v) is 12.5. The SMILES string of the molecule is COC1(C(N)C2CCC(C)CC2)CCCC(C)C1. The highest BCUT2D eigenvalue weighted by molar-refractivity contribution is 4.99. The first-order chi connectivity index (χ1) is 8.57. The van der Waals surface area contributed by atoms with E-state index in [2.05, 4.69) is 13.8 Å². The summed E-state index contributed by atoms with van der Waals surface area (Å²) >= 11 is 0. The standard InChI is InChI=1S/C16H31NO/c1-12-6-8-14(9-7-12)15(17)16(18-3)10-4-5-13(2)11-16/h12-15H,4-11,17H2,1-3H3. The predicted octanol–water partition coefficient (Wildman–Crippen LogP) is 3.74. The molecule has 0 aliphatic heterocycles. The average molecular weight is 253 g/mol. The fraction of sp³-hybridized carbons (Fsp3) is 1.00. The third kappa shape index (κ3) is 2.91. The molecule has 0 aromatic heterocycles. The lowest BCUT2D eigenvalue weighted by atomic mass is 9.68. The fourth-order valence-electron chi connectivity index (χ4n) is 4.24. The predicted molar refractivity (Wildman–Crippen MR) is 76.5 cm³/mol. The monoisotopic (exact) mass is 253 g/mol. The average Bonchev–Trinajstić information content (AvgIpc) is 2.38. The van der Waals surface area contributed by atoms with Gasteiger partial charge in [-0.2, -0.15) is 0 Å². The molecule has 0 aromatic rings. The molecule has 2 aliphatic rings. The maximum atomic E-state index is 6.65. The van der Waals surface area contributed by atoms with E-state index in [0.29, 0.717) is 5.92 Å². The van der Waals surface area contributed by atoms with E-state index in [1.165, 1.54) is 44.9 Å². The summed E-state index contributed by atoms with van der Waals surface area (Å²) in [7, 11) is 1.88. The van der Waals surface area contributed by atoms with Crippen LogP contribution in [0.1, 0.15) is 65.2 Å². The Kier molecular flexibility index (Phi) is 4.71. The fourth-order valence-corrected chi connectivity index (χ4v) is 4.24. The van der Waals surface area contributed by atoms with Gasteiger partial charge in [-0.3, -0.25) is 0 Å². The molecule has 2 aliphatic carbocycles. The first-order valence-electron chi connectivity index (χ1n) is 7.88. The van der Waals surface area contributed by atoms with Crippen molar-refractivity contribution in [2.24, 2.45) is 23.5 Å². The van der Waals surface area contributed by atoms with Crippen LogP contribution >= 0.6 is 0 Å². The molecule has 2 rings (SSSR count).